The molecule has 1 heterocycles. The Morgan fingerprint density at radius 1 is 1.71 bits per heavy atom. The summed E-state index contributed by atoms with van der Waals surface area (Å²) in [5.41, 5.74) is -0.521. The lowest BCUT2D eigenvalue weighted by molar-refractivity contribution is 0.0944. The molecule has 6 nitrogen and oxygen atoms in total. The predicted octanol–water partition coefficient (Wildman–Crippen LogP) is -0.855. The number of halogens is 1. The lowest BCUT2D eigenvalue weighted by Gasteiger charge is -2.02. The van der Waals surface area contributed by atoms with Gasteiger partial charge >= 0.3 is 0 Å². The van der Waals surface area contributed by atoms with Crippen LogP contribution in [0.25, 0.3) is 0 Å². The molecule has 1 rings (SSSR count). The molecule has 76 valence electrons. The molecule has 0 saturated carbocycles. The van der Waals surface area contributed by atoms with E-state index in [0.29, 0.717) is 0 Å². The number of carbonyl (C=O) groups is 1. The first-order valence-corrected chi connectivity index (χ1v) is 4.17. The van der Waals surface area contributed by atoms with Crippen LogP contribution in [0.3, 0.4) is 0 Å². The molecule has 0 bridgehead atoms. The van der Waals surface area contributed by atoms with Crippen LogP contribution in [0.4, 0.5) is 0 Å². The number of aromatic nitrogens is 2. The molecule has 0 saturated heterocycles. The van der Waals surface area contributed by atoms with Crippen molar-refractivity contribution in [1.82, 2.24) is 15.5 Å². The topological polar surface area (TPSA) is 95.1 Å². The number of aliphatic hydroxyl groups excluding tert-OH is 1. The van der Waals surface area contributed by atoms with Crippen LogP contribution in [0.2, 0.25) is 5.15 Å². The van der Waals surface area contributed by atoms with Crippen LogP contribution < -0.4 is 10.9 Å². The number of rotatable bonds is 3. The van der Waals surface area contributed by atoms with Crippen molar-refractivity contribution < 1.29 is 9.90 Å². The highest BCUT2D eigenvalue weighted by molar-refractivity contribution is 6.32. The zero-order valence-electron chi connectivity index (χ0n) is 7.08. The molecule has 0 radical (unpaired) electrons. The highest BCUT2D eigenvalue weighted by atomic mass is 35.5. The third-order valence-corrected chi connectivity index (χ3v) is 1.69. The van der Waals surface area contributed by atoms with Crippen LogP contribution in [-0.2, 0) is 0 Å². The third-order valence-electron chi connectivity index (χ3n) is 1.40. The first kappa shape index (κ1) is 10.7. The summed E-state index contributed by atoms with van der Waals surface area (Å²) in [5, 5.41) is 16.2. The van der Waals surface area contributed by atoms with Crippen LogP contribution in [0, 0.1) is 0 Å². The molecule has 1 aromatic heterocycles. The molecule has 0 aliphatic carbocycles. The Morgan fingerprint density at radius 2 is 2.43 bits per heavy atom. The maximum atomic E-state index is 11.3. The second kappa shape index (κ2) is 4.73. The van der Waals surface area contributed by atoms with E-state index in [2.05, 4.69) is 15.5 Å². The minimum atomic E-state index is -0.539. The van der Waals surface area contributed by atoms with E-state index in [-0.39, 0.29) is 23.9 Å². The number of amides is 1. The van der Waals surface area contributed by atoms with Crippen molar-refractivity contribution in [2.24, 2.45) is 0 Å². The number of aromatic amines is 1. The summed E-state index contributed by atoms with van der Waals surface area (Å²) in [6, 6.07) is 1.04. The quantitative estimate of drug-likeness (QED) is 0.614. The number of aliphatic hydroxyl groups is 1. The highest BCUT2D eigenvalue weighted by Crippen LogP contribution is 2.07. The molecule has 3 N–H and O–H groups in total. The maximum absolute atomic E-state index is 11.3. The number of nitrogens with zero attached hydrogens (tertiary/aromatic N) is 1. The Bertz CT molecular complexity index is 390. The standard InChI is InChI=1S/C7H8ClN3O3/c8-6-4(3-5(13)10-11-6)7(14)9-1-2-12/h3,12H,1-2H2,(H,9,14)(H,10,13). The van der Waals surface area contributed by atoms with Gasteiger partial charge < -0.3 is 10.4 Å². The first-order valence-electron chi connectivity index (χ1n) is 3.79. The fourth-order valence-corrected chi connectivity index (χ4v) is 0.994. The van der Waals surface area contributed by atoms with E-state index < -0.39 is 11.5 Å². The van der Waals surface area contributed by atoms with Crippen molar-refractivity contribution in [2.75, 3.05) is 13.2 Å². The van der Waals surface area contributed by atoms with Gasteiger partial charge in [0.1, 0.15) is 0 Å². The number of nitrogens with one attached hydrogen (secondary N) is 2. The van der Waals surface area contributed by atoms with Gasteiger partial charge in [0.25, 0.3) is 11.5 Å². The Morgan fingerprint density at radius 3 is 3.07 bits per heavy atom. The smallest absolute Gasteiger partial charge is 0.265 e. The van der Waals surface area contributed by atoms with Crippen molar-refractivity contribution in [1.29, 1.82) is 0 Å². The Hall–Kier alpha value is -1.40. The molecular formula is C7H8ClN3O3. The average Bonchev–Trinajstić information content (AvgIpc) is 2.18. The lowest BCUT2D eigenvalue weighted by atomic mass is 10.3. The van der Waals surface area contributed by atoms with E-state index in [1.54, 1.807) is 0 Å². The molecule has 0 aromatic carbocycles. The summed E-state index contributed by atoms with van der Waals surface area (Å²) in [4.78, 5) is 22.1. The molecule has 1 amide bonds. The molecule has 0 aliphatic heterocycles. The van der Waals surface area contributed by atoms with Crippen molar-refractivity contribution in [3.8, 4) is 0 Å². The van der Waals surface area contributed by atoms with Gasteiger partial charge in [-0.15, -0.1) is 0 Å². The van der Waals surface area contributed by atoms with Crippen molar-refractivity contribution in [3.05, 3.63) is 27.1 Å². The summed E-state index contributed by atoms with van der Waals surface area (Å²) < 4.78 is 0. The van der Waals surface area contributed by atoms with E-state index in [1.807, 2.05) is 0 Å². The van der Waals surface area contributed by atoms with Gasteiger partial charge in [0.05, 0.1) is 12.2 Å². The van der Waals surface area contributed by atoms with Gasteiger partial charge in [-0.05, 0) is 0 Å². The molecule has 0 atom stereocenters. The number of carbonyl (C=O) groups excluding carboxylic acids is 1. The number of hydrogen-bond donors (Lipinski definition) is 3. The minimum absolute atomic E-state index is 0.0103. The van der Waals surface area contributed by atoms with Gasteiger partial charge in [-0.3, -0.25) is 9.59 Å². The van der Waals surface area contributed by atoms with Crippen LogP contribution in [0.5, 0.6) is 0 Å². The van der Waals surface area contributed by atoms with E-state index >= 15 is 0 Å². The van der Waals surface area contributed by atoms with Gasteiger partial charge in [0.2, 0.25) is 0 Å². The zero-order chi connectivity index (χ0) is 10.6. The Labute approximate surface area is 83.9 Å². The van der Waals surface area contributed by atoms with Crippen LogP contribution >= 0.6 is 11.6 Å². The summed E-state index contributed by atoms with van der Waals surface area (Å²) in [6.07, 6.45) is 0. The average molecular weight is 218 g/mol. The maximum Gasteiger partial charge on any atom is 0.265 e. The largest absolute Gasteiger partial charge is 0.395 e. The van der Waals surface area contributed by atoms with Gasteiger partial charge in [-0.25, -0.2) is 5.10 Å². The summed E-state index contributed by atoms with van der Waals surface area (Å²) in [6.45, 7) is -0.0814. The molecule has 0 aliphatic rings. The summed E-state index contributed by atoms with van der Waals surface area (Å²) in [7, 11) is 0. The fraction of sp³-hybridized carbons (Fsp3) is 0.286. The van der Waals surface area contributed by atoms with E-state index in [9.17, 15) is 9.59 Å². The van der Waals surface area contributed by atoms with Crippen LogP contribution in [0.15, 0.2) is 10.9 Å². The van der Waals surface area contributed by atoms with Gasteiger partial charge in [-0.2, -0.15) is 5.10 Å². The molecule has 0 fully saturated rings. The van der Waals surface area contributed by atoms with Gasteiger partial charge in [0.15, 0.2) is 5.15 Å². The minimum Gasteiger partial charge on any atom is -0.395 e. The van der Waals surface area contributed by atoms with Crippen molar-refractivity contribution in [3.63, 3.8) is 0 Å². The normalized spacial score (nSPS) is 9.86. The number of hydrogen-bond acceptors (Lipinski definition) is 4. The van der Waals surface area contributed by atoms with E-state index in [4.69, 9.17) is 16.7 Å². The number of H-pyrrole nitrogens is 1. The predicted molar refractivity (Wildman–Crippen MR) is 49.3 cm³/mol. The Kier molecular flexibility index (Phi) is 3.61. The van der Waals surface area contributed by atoms with Crippen LogP contribution in [0.1, 0.15) is 10.4 Å². The van der Waals surface area contributed by atoms with Crippen molar-refractivity contribution in [2.45, 2.75) is 0 Å². The van der Waals surface area contributed by atoms with Crippen LogP contribution in [-0.4, -0.2) is 34.4 Å². The molecule has 0 unspecified atom stereocenters. The second-order valence-corrected chi connectivity index (χ2v) is 2.77. The molecule has 0 spiro atoms. The van der Waals surface area contributed by atoms with E-state index in [0.717, 1.165) is 6.07 Å². The Balaban J connectivity index is 2.89. The van der Waals surface area contributed by atoms with Gasteiger partial charge in [-0.1, -0.05) is 11.6 Å². The fourth-order valence-electron chi connectivity index (χ4n) is 0.811. The summed E-state index contributed by atoms with van der Waals surface area (Å²) in [5.74, 6) is -0.539. The second-order valence-electron chi connectivity index (χ2n) is 2.42. The van der Waals surface area contributed by atoms with Crippen molar-refractivity contribution >= 4 is 17.5 Å². The summed E-state index contributed by atoms with van der Waals surface area (Å²) >= 11 is 5.57. The van der Waals surface area contributed by atoms with E-state index in [1.165, 1.54) is 0 Å². The lowest BCUT2D eigenvalue weighted by Crippen LogP contribution is -2.28. The monoisotopic (exact) mass is 217 g/mol. The molecule has 7 heteroatoms. The first-order chi connectivity index (χ1) is 6.65. The molecular weight excluding hydrogens is 210 g/mol. The molecule has 14 heavy (non-hydrogen) atoms. The highest BCUT2D eigenvalue weighted by Gasteiger charge is 2.11. The van der Waals surface area contributed by atoms with Gasteiger partial charge in [0, 0.05) is 12.6 Å². The molecule has 1 aromatic rings. The third kappa shape index (κ3) is 2.54. The SMILES string of the molecule is O=C(NCCO)c1cc(=O)[nH]nc1Cl. The zero-order valence-corrected chi connectivity index (χ0v) is 7.84.